The number of aryl methyl sites for hydroxylation is 1. The van der Waals surface area contributed by atoms with Crippen LogP contribution in [0.15, 0.2) is 47.6 Å². The summed E-state index contributed by atoms with van der Waals surface area (Å²) in [6.07, 6.45) is 3.15. The molecule has 1 heterocycles. The number of rotatable bonds is 10. The number of hydrogen-bond acceptors (Lipinski definition) is 7. The fourth-order valence-electron chi connectivity index (χ4n) is 3.38. The van der Waals surface area contributed by atoms with Crippen molar-refractivity contribution in [1.82, 2.24) is 9.66 Å². The summed E-state index contributed by atoms with van der Waals surface area (Å²) in [5, 5.41) is 4.98. The van der Waals surface area contributed by atoms with E-state index in [4.69, 9.17) is 19.2 Å². The SMILES string of the molecule is CCCCc1nc2ccc(Br)cc2c(=O)n1N=Cc1cc(OC)c(O[C@H](C)C(=O)OCC)c(Br)c1Br. The predicted octanol–water partition coefficient (Wildman–Crippen LogP) is 6.25. The topological polar surface area (TPSA) is 92.0 Å². The maximum Gasteiger partial charge on any atom is 0.347 e. The van der Waals surface area contributed by atoms with Crippen LogP contribution in [0, 0.1) is 0 Å². The van der Waals surface area contributed by atoms with Crippen LogP contribution in [0.4, 0.5) is 0 Å². The van der Waals surface area contributed by atoms with Gasteiger partial charge in [0.05, 0.1) is 35.3 Å². The fraction of sp³-hybridized carbons (Fsp3) is 0.360. The Morgan fingerprint density at radius 3 is 2.61 bits per heavy atom. The van der Waals surface area contributed by atoms with Gasteiger partial charge in [0.15, 0.2) is 17.6 Å². The summed E-state index contributed by atoms with van der Waals surface area (Å²) in [5.74, 6) is 0.808. The van der Waals surface area contributed by atoms with E-state index in [1.165, 1.54) is 11.8 Å². The van der Waals surface area contributed by atoms with Gasteiger partial charge in [-0.25, -0.2) is 9.78 Å². The van der Waals surface area contributed by atoms with Crippen LogP contribution in [-0.2, 0) is 16.0 Å². The maximum absolute atomic E-state index is 13.3. The summed E-state index contributed by atoms with van der Waals surface area (Å²) >= 11 is 10.5. The molecule has 0 unspecified atom stereocenters. The molecule has 0 spiro atoms. The molecular formula is C25H26Br3N3O5. The Kier molecular flexibility index (Phi) is 10.1. The number of hydrogen-bond donors (Lipinski definition) is 0. The minimum Gasteiger partial charge on any atom is -0.493 e. The summed E-state index contributed by atoms with van der Waals surface area (Å²) in [6, 6.07) is 7.12. The van der Waals surface area contributed by atoms with Crippen molar-refractivity contribution in [3.05, 3.63) is 59.4 Å². The van der Waals surface area contributed by atoms with Gasteiger partial charge in [-0.15, -0.1) is 0 Å². The predicted molar refractivity (Wildman–Crippen MR) is 150 cm³/mol. The van der Waals surface area contributed by atoms with Crippen LogP contribution in [-0.4, -0.2) is 41.7 Å². The molecule has 0 amide bonds. The number of carbonyl (C=O) groups is 1. The largest absolute Gasteiger partial charge is 0.493 e. The van der Waals surface area contributed by atoms with E-state index in [1.54, 1.807) is 32.2 Å². The van der Waals surface area contributed by atoms with E-state index in [1.807, 2.05) is 12.1 Å². The number of benzene rings is 2. The molecule has 2 aromatic carbocycles. The highest BCUT2D eigenvalue weighted by atomic mass is 79.9. The van der Waals surface area contributed by atoms with Crippen molar-refractivity contribution in [2.75, 3.05) is 13.7 Å². The van der Waals surface area contributed by atoms with E-state index in [0.29, 0.717) is 49.2 Å². The Balaban J connectivity index is 2.06. The Labute approximate surface area is 234 Å². The Morgan fingerprint density at radius 1 is 1.19 bits per heavy atom. The molecule has 0 aliphatic heterocycles. The average molecular weight is 688 g/mol. The van der Waals surface area contributed by atoms with E-state index < -0.39 is 12.1 Å². The first-order valence-electron chi connectivity index (χ1n) is 11.4. The van der Waals surface area contributed by atoms with Crippen molar-refractivity contribution in [3.63, 3.8) is 0 Å². The fourth-order valence-corrected chi connectivity index (χ4v) is 4.65. The standard InChI is InChI=1S/C25H26Br3N3O5/c1-5-7-8-20-30-18-10-9-16(26)12-17(18)24(32)31(20)29-13-15-11-19(34-4)23(22(28)21(15)27)36-14(3)25(33)35-6-2/h9-14H,5-8H2,1-4H3/t14-/m1/s1. The summed E-state index contributed by atoms with van der Waals surface area (Å²) in [5.41, 5.74) is 0.995. The zero-order chi connectivity index (χ0) is 26.4. The third kappa shape index (κ3) is 6.36. The molecular weight excluding hydrogens is 662 g/mol. The summed E-state index contributed by atoms with van der Waals surface area (Å²) in [7, 11) is 1.50. The van der Waals surface area contributed by atoms with Crippen molar-refractivity contribution in [2.24, 2.45) is 5.10 Å². The lowest BCUT2D eigenvalue weighted by molar-refractivity contribution is -0.150. The zero-order valence-corrected chi connectivity index (χ0v) is 25.1. The first-order valence-corrected chi connectivity index (χ1v) is 13.7. The zero-order valence-electron chi connectivity index (χ0n) is 20.3. The molecule has 1 aromatic heterocycles. The molecule has 0 N–H and O–H groups in total. The van der Waals surface area contributed by atoms with Gasteiger partial charge in [0.25, 0.3) is 5.56 Å². The number of ether oxygens (including phenoxy) is 3. The van der Waals surface area contributed by atoms with Gasteiger partial charge in [-0.2, -0.15) is 9.78 Å². The number of aromatic nitrogens is 2. The normalized spacial score (nSPS) is 12.2. The van der Waals surface area contributed by atoms with Gasteiger partial charge in [-0.05, 0) is 76.4 Å². The number of halogens is 3. The van der Waals surface area contributed by atoms with Gasteiger partial charge in [0.1, 0.15) is 5.82 Å². The minimum atomic E-state index is -0.843. The van der Waals surface area contributed by atoms with Gasteiger partial charge in [0, 0.05) is 20.9 Å². The number of nitrogens with zero attached hydrogens (tertiary/aromatic N) is 3. The van der Waals surface area contributed by atoms with Crippen LogP contribution in [0.3, 0.4) is 0 Å². The maximum atomic E-state index is 13.3. The summed E-state index contributed by atoms with van der Waals surface area (Å²) in [6.45, 7) is 5.67. The second kappa shape index (κ2) is 12.8. The Bertz CT molecular complexity index is 1360. The molecule has 0 aliphatic carbocycles. The average Bonchev–Trinajstić information content (AvgIpc) is 2.86. The van der Waals surface area contributed by atoms with Gasteiger partial charge < -0.3 is 14.2 Å². The van der Waals surface area contributed by atoms with Gasteiger partial charge in [0.2, 0.25) is 0 Å². The van der Waals surface area contributed by atoms with E-state index in [0.717, 1.165) is 17.3 Å². The third-order valence-electron chi connectivity index (χ3n) is 5.23. The molecule has 0 aliphatic rings. The van der Waals surface area contributed by atoms with Crippen LogP contribution in [0.5, 0.6) is 11.5 Å². The number of esters is 1. The van der Waals surface area contributed by atoms with E-state index in [9.17, 15) is 9.59 Å². The van der Waals surface area contributed by atoms with Crippen molar-refractivity contribution < 1.29 is 19.0 Å². The molecule has 1 atom stereocenters. The van der Waals surface area contributed by atoms with Gasteiger partial charge in [-0.3, -0.25) is 4.79 Å². The second-order valence-electron chi connectivity index (χ2n) is 7.79. The quantitative estimate of drug-likeness (QED) is 0.185. The number of methoxy groups -OCH3 is 1. The molecule has 0 saturated heterocycles. The van der Waals surface area contributed by atoms with Crippen LogP contribution in [0.2, 0.25) is 0 Å². The number of carbonyl (C=O) groups excluding carboxylic acids is 1. The summed E-state index contributed by atoms with van der Waals surface area (Å²) < 4.78 is 19.6. The number of unbranched alkanes of at least 4 members (excludes halogenated alkanes) is 1. The highest BCUT2D eigenvalue weighted by molar-refractivity contribution is 9.13. The van der Waals surface area contributed by atoms with Crippen LogP contribution >= 0.6 is 47.8 Å². The highest BCUT2D eigenvalue weighted by Crippen LogP contribution is 2.42. The molecule has 0 saturated carbocycles. The van der Waals surface area contributed by atoms with E-state index >= 15 is 0 Å². The lowest BCUT2D eigenvalue weighted by atomic mass is 10.2. The summed E-state index contributed by atoms with van der Waals surface area (Å²) in [4.78, 5) is 30.1. The van der Waals surface area contributed by atoms with Gasteiger partial charge in [-0.1, -0.05) is 29.3 Å². The van der Waals surface area contributed by atoms with Crippen molar-refractivity contribution >= 4 is 70.9 Å². The molecule has 0 bridgehead atoms. The van der Waals surface area contributed by atoms with Crippen LogP contribution in [0.1, 0.15) is 45.0 Å². The molecule has 11 heteroatoms. The molecule has 0 radical (unpaired) electrons. The van der Waals surface area contributed by atoms with Crippen LogP contribution < -0.4 is 15.0 Å². The lowest BCUT2D eigenvalue weighted by Gasteiger charge is -2.18. The van der Waals surface area contributed by atoms with E-state index in [2.05, 4.69) is 59.8 Å². The van der Waals surface area contributed by atoms with Gasteiger partial charge >= 0.3 is 5.97 Å². The molecule has 3 rings (SSSR count). The smallest absolute Gasteiger partial charge is 0.347 e. The Hall–Kier alpha value is -2.24. The molecule has 3 aromatic rings. The molecule has 0 fully saturated rings. The third-order valence-corrected chi connectivity index (χ3v) is 7.87. The second-order valence-corrected chi connectivity index (χ2v) is 10.3. The van der Waals surface area contributed by atoms with Crippen LogP contribution in [0.25, 0.3) is 10.9 Å². The van der Waals surface area contributed by atoms with Crippen molar-refractivity contribution in [2.45, 2.75) is 46.1 Å². The van der Waals surface area contributed by atoms with E-state index in [-0.39, 0.29) is 12.2 Å². The van der Waals surface area contributed by atoms with Crippen molar-refractivity contribution in [1.29, 1.82) is 0 Å². The molecule has 192 valence electrons. The first-order chi connectivity index (χ1) is 17.2. The molecule has 8 nitrogen and oxygen atoms in total. The van der Waals surface area contributed by atoms with Crippen molar-refractivity contribution in [3.8, 4) is 11.5 Å². The number of fused-ring (bicyclic) bond motifs is 1. The Morgan fingerprint density at radius 2 is 1.94 bits per heavy atom. The monoisotopic (exact) mass is 685 g/mol. The first kappa shape index (κ1) is 28.3. The highest BCUT2D eigenvalue weighted by Gasteiger charge is 2.23. The lowest BCUT2D eigenvalue weighted by Crippen LogP contribution is -2.26. The molecule has 36 heavy (non-hydrogen) atoms. The minimum absolute atomic E-state index is 0.254.